The third kappa shape index (κ3) is 5.11. The molecule has 2 heterocycles. The van der Waals surface area contributed by atoms with Crippen LogP contribution in [0.15, 0.2) is 48.5 Å². The van der Waals surface area contributed by atoms with E-state index < -0.39 is 11.7 Å². The molecule has 2 N–H and O–H groups in total. The van der Waals surface area contributed by atoms with Gasteiger partial charge in [-0.15, -0.1) is 0 Å². The molecular formula is C23H23ClFN5O. The molecule has 0 aliphatic carbocycles. The maximum Gasteiger partial charge on any atom is 0.260 e. The molecule has 0 atom stereocenters. The number of benzene rings is 2. The quantitative estimate of drug-likeness (QED) is 0.544. The number of carbonyl (C=O) groups is 1. The molecular weight excluding hydrogens is 417 g/mol. The van der Waals surface area contributed by atoms with E-state index in [0.717, 1.165) is 30.3 Å². The highest BCUT2D eigenvalue weighted by Crippen LogP contribution is 2.24. The van der Waals surface area contributed by atoms with Gasteiger partial charge in [-0.2, -0.15) is 4.98 Å². The predicted octanol–water partition coefficient (Wildman–Crippen LogP) is 5.56. The minimum Gasteiger partial charge on any atom is -0.356 e. The first-order valence-electron chi connectivity index (χ1n) is 10.2. The summed E-state index contributed by atoms with van der Waals surface area (Å²) in [5, 5.41) is 5.94. The Balaban J connectivity index is 1.45. The zero-order valence-corrected chi connectivity index (χ0v) is 17.9. The number of amides is 1. The third-order valence-corrected chi connectivity index (χ3v) is 5.42. The average Bonchev–Trinajstić information content (AvgIpc) is 2.75. The van der Waals surface area contributed by atoms with E-state index in [4.69, 9.17) is 11.6 Å². The van der Waals surface area contributed by atoms with Gasteiger partial charge in [0.15, 0.2) is 0 Å². The molecule has 1 aliphatic rings. The number of aromatic nitrogens is 2. The maximum atomic E-state index is 13.9. The topological polar surface area (TPSA) is 70.2 Å². The number of nitrogens with one attached hydrogen (secondary N) is 2. The van der Waals surface area contributed by atoms with Gasteiger partial charge in [0.2, 0.25) is 5.95 Å². The molecule has 4 rings (SSSR count). The highest BCUT2D eigenvalue weighted by Gasteiger charge is 2.16. The van der Waals surface area contributed by atoms with Crippen molar-refractivity contribution in [3.63, 3.8) is 0 Å². The zero-order valence-electron chi connectivity index (χ0n) is 17.2. The summed E-state index contributed by atoms with van der Waals surface area (Å²) in [6.45, 7) is 3.97. The van der Waals surface area contributed by atoms with Crippen molar-refractivity contribution < 1.29 is 9.18 Å². The fraction of sp³-hybridized carbons (Fsp3) is 0.261. The van der Waals surface area contributed by atoms with Crippen LogP contribution in [0.3, 0.4) is 0 Å². The van der Waals surface area contributed by atoms with Crippen LogP contribution in [0.2, 0.25) is 5.02 Å². The Hall–Kier alpha value is -3.19. The lowest BCUT2D eigenvalue weighted by Gasteiger charge is -2.28. The molecule has 8 heteroatoms. The van der Waals surface area contributed by atoms with E-state index in [2.05, 4.69) is 25.5 Å². The molecule has 0 radical (unpaired) electrons. The normalized spacial score (nSPS) is 13.7. The second-order valence-corrected chi connectivity index (χ2v) is 7.90. The first-order chi connectivity index (χ1) is 15.0. The van der Waals surface area contributed by atoms with Gasteiger partial charge in [0.05, 0.1) is 10.6 Å². The summed E-state index contributed by atoms with van der Waals surface area (Å²) >= 11 is 5.96. The Labute approximate surface area is 185 Å². The van der Waals surface area contributed by atoms with E-state index >= 15 is 0 Å². The average molecular weight is 440 g/mol. The van der Waals surface area contributed by atoms with Crippen LogP contribution >= 0.6 is 11.6 Å². The lowest BCUT2D eigenvalue weighted by atomic mass is 10.1. The van der Waals surface area contributed by atoms with Crippen molar-refractivity contribution in [3.05, 3.63) is 70.6 Å². The third-order valence-electron chi connectivity index (χ3n) is 5.11. The smallest absolute Gasteiger partial charge is 0.260 e. The molecule has 1 fully saturated rings. The fourth-order valence-electron chi connectivity index (χ4n) is 3.57. The van der Waals surface area contributed by atoms with Crippen LogP contribution < -0.4 is 15.5 Å². The molecule has 1 saturated heterocycles. The molecule has 0 saturated carbocycles. The van der Waals surface area contributed by atoms with E-state index in [1.165, 1.54) is 37.5 Å². The summed E-state index contributed by atoms with van der Waals surface area (Å²) in [5.41, 5.74) is 2.01. The second kappa shape index (κ2) is 9.31. The van der Waals surface area contributed by atoms with Crippen LogP contribution in [0.1, 0.15) is 35.3 Å². The Morgan fingerprint density at radius 3 is 2.45 bits per heavy atom. The second-order valence-electron chi connectivity index (χ2n) is 7.49. The molecule has 0 spiro atoms. The molecule has 1 aliphatic heterocycles. The number of piperidine rings is 1. The summed E-state index contributed by atoms with van der Waals surface area (Å²) < 4.78 is 13.9. The molecule has 0 bridgehead atoms. The van der Waals surface area contributed by atoms with Crippen LogP contribution in [0, 0.1) is 12.7 Å². The van der Waals surface area contributed by atoms with Crippen LogP contribution in [0.4, 0.5) is 27.5 Å². The molecule has 31 heavy (non-hydrogen) atoms. The van der Waals surface area contributed by atoms with Crippen molar-refractivity contribution in [1.29, 1.82) is 0 Å². The van der Waals surface area contributed by atoms with E-state index in [9.17, 15) is 9.18 Å². The van der Waals surface area contributed by atoms with Crippen molar-refractivity contribution in [2.75, 3.05) is 28.6 Å². The van der Waals surface area contributed by atoms with Crippen molar-refractivity contribution >= 4 is 40.6 Å². The van der Waals surface area contributed by atoms with Crippen LogP contribution in [-0.4, -0.2) is 29.0 Å². The highest BCUT2D eigenvalue weighted by molar-refractivity contribution is 6.34. The van der Waals surface area contributed by atoms with Gasteiger partial charge in [0.25, 0.3) is 5.91 Å². The molecule has 2 aromatic carbocycles. The van der Waals surface area contributed by atoms with Crippen molar-refractivity contribution in [2.45, 2.75) is 26.2 Å². The van der Waals surface area contributed by atoms with Crippen LogP contribution in [0.5, 0.6) is 0 Å². The summed E-state index contributed by atoms with van der Waals surface area (Å²) in [6.07, 6.45) is 3.62. The van der Waals surface area contributed by atoms with Gasteiger partial charge in [-0.1, -0.05) is 17.7 Å². The molecule has 0 unspecified atom stereocenters. The van der Waals surface area contributed by atoms with Gasteiger partial charge in [0, 0.05) is 36.2 Å². The van der Waals surface area contributed by atoms with Crippen molar-refractivity contribution in [3.8, 4) is 0 Å². The van der Waals surface area contributed by atoms with Crippen molar-refractivity contribution in [1.82, 2.24) is 9.97 Å². The first-order valence-corrected chi connectivity index (χ1v) is 10.6. The van der Waals surface area contributed by atoms with Gasteiger partial charge in [-0.25, -0.2) is 9.37 Å². The Morgan fingerprint density at radius 2 is 1.74 bits per heavy atom. The maximum absolute atomic E-state index is 13.9. The minimum atomic E-state index is -0.663. The SMILES string of the molecule is Cc1cc(N2CCCCC2)nc(Nc2ccc(NC(=O)c3c(F)cccc3Cl)cc2)n1. The zero-order chi connectivity index (χ0) is 21.8. The summed E-state index contributed by atoms with van der Waals surface area (Å²) in [6, 6.07) is 13.2. The monoisotopic (exact) mass is 439 g/mol. The van der Waals surface area contributed by atoms with Gasteiger partial charge < -0.3 is 15.5 Å². The van der Waals surface area contributed by atoms with E-state index in [1.54, 1.807) is 24.3 Å². The van der Waals surface area contributed by atoms with Gasteiger partial charge in [-0.3, -0.25) is 4.79 Å². The minimum absolute atomic E-state index is 0.0666. The number of hydrogen-bond donors (Lipinski definition) is 2. The van der Waals surface area contributed by atoms with E-state index in [0.29, 0.717) is 11.6 Å². The largest absolute Gasteiger partial charge is 0.356 e. The van der Waals surface area contributed by atoms with Gasteiger partial charge in [0.1, 0.15) is 11.6 Å². The molecule has 1 aromatic heterocycles. The molecule has 160 valence electrons. The van der Waals surface area contributed by atoms with Gasteiger partial charge in [-0.05, 0) is 62.6 Å². The van der Waals surface area contributed by atoms with E-state index in [-0.39, 0.29) is 10.6 Å². The summed E-state index contributed by atoms with van der Waals surface area (Å²) in [5.74, 6) is 0.192. The molecule has 3 aromatic rings. The molecule has 6 nitrogen and oxygen atoms in total. The predicted molar refractivity (Wildman–Crippen MR) is 122 cm³/mol. The number of hydrogen-bond acceptors (Lipinski definition) is 5. The Bertz CT molecular complexity index is 1060. The van der Waals surface area contributed by atoms with E-state index in [1.807, 2.05) is 13.0 Å². The molecule has 1 amide bonds. The first kappa shape index (κ1) is 21.1. The lowest BCUT2D eigenvalue weighted by Crippen LogP contribution is -2.30. The van der Waals surface area contributed by atoms with Gasteiger partial charge >= 0.3 is 0 Å². The standard InChI is InChI=1S/C23H23ClFN5O/c1-15-14-20(30-12-3-2-4-13-30)29-23(26-15)28-17-10-8-16(9-11-17)27-22(31)21-18(24)6-5-7-19(21)25/h5-11,14H,2-4,12-13H2,1H3,(H,27,31)(H,26,28,29). The fourth-order valence-corrected chi connectivity index (χ4v) is 3.82. The number of carbonyl (C=O) groups excluding carboxylic acids is 1. The van der Waals surface area contributed by atoms with Crippen molar-refractivity contribution in [2.24, 2.45) is 0 Å². The highest BCUT2D eigenvalue weighted by atomic mass is 35.5. The lowest BCUT2D eigenvalue weighted by molar-refractivity contribution is 0.102. The number of rotatable bonds is 5. The summed E-state index contributed by atoms with van der Waals surface area (Å²) in [7, 11) is 0. The number of aryl methyl sites for hydroxylation is 1. The van der Waals surface area contributed by atoms with Crippen LogP contribution in [0.25, 0.3) is 0 Å². The number of nitrogens with zero attached hydrogens (tertiary/aromatic N) is 3. The van der Waals surface area contributed by atoms with Crippen LogP contribution in [-0.2, 0) is 0 Å². The number of halogens is 2. The number of anilines is 4. The summed E-state index contributed by atoms with van der Waals surface area (Å²) in [4.78, 5) is 23.8. The Kier molecular flexibility index (Phi) is 6.32. The Morgan fingerprint density at radius 1 is 1.03 bits per heavy atom.